The van der Waals surface area contributed by atoms with Crippen LogP contribution in [-0.4, -0.2) is 84.6 Å². The molecule has 0 unspecified atom stereocenters. The van der Waals surface area contributed by atoms with Crippen molar-refractivity contribution in [2.45, 2.75) is 36.9 Å². The molecule has 34 heavy (non-hydrogen) atoms. The molecule has 2 fully saturated rings. The molecule has 12 heteroatoms. The second-order valence-electron chi connectivity index (χ2n) is 8.73. The zero-order chi connectivity index (χ0) is 24.5. The Labute approximate surface area is 193 Å². The molecule has 2 saturated heterocycles. The molecule has 2 atom stereocenters. The van der Waals surface area contributed by atoms with Crippen molar-refractivity contribution in [2.24, 2.45) is 0 Å². The molecular formula is C22H24F4N6O2. The van der Waals surface area contributed by atoms with Crippen LogP contribution in [0.15, 0.2) is 24.5 Å². The van der Waals surface area contributed by atoms with E-state index in [0.29, 0.717) is 18.8 Å². The predicted octanol–water partition coefficient (Wildman–Crippen LogP) is 2.19. The number of carbonyl (C=O) groups is 1. The zero-order valence-corrected chi connectivity index (χ0v) is 18.5. The van der Waals surface area contributed by atoms with E-state index in [4.69, 9.17) is 4.74 Å². The van der Waals surface area contributed by atoms with Gasteiger partial charge in [0.2, 0.25) is 0 Å². The Hall–Kier alpha value is -3.04. The average Bonchev–Trinajstić information content (AvgIpc) is 2.83. The van der Waals surface area contributed by atoms with Crippen LogP contribution in [-0.2, 0) is 9.53 Å². The van der Waals surface area contributed by atoms with Gasteiger partial charge in [0.1, 0.15) is 22.8 Å². The minimum atomic E-state index is -4.72. The molecule has 0 spiro atoms. The van der Waals surface area contributed by atoms with E-state index in [0.717, 1.165) is 0 Å². The number of aromatic nitrogens is 2. The van der Waals surface area contributed by atoms with Gasteiger partial charge in [-0.3, -0.25) is 14.8 Å². The number of nitriles is 1. The van der Waals surface area contributed by atoms with Crippen molar-refractivity contribution in [1.29, 1.82) is 5.26 Å². The first-order valence-corrected chi connectivity index (χ1v) is 10.9. The van der Waals surface area contributed by atoms with Gasteiger partial charge < -0.3 is 19.9 Å². The lowest BCUT2D eigenvalue weighted by atomic mass is 9.93. The number of nitrogens with zero attached hydrogens (tertiary/aromatic N) is 5. The fourth-order valence-electron chi connectivity index (χ4n) is 4.22. The van der Waals surface area contributed by atoms with Crippen LogP contribution in [0.3, 0.4) is 0 Å². The van der Waals surface area contributed by atoms with Crippen LogP contribution < -0.4 is 10.2 Å². The largest absolute Gasteiger partial charge is 0.416 e. The minimum absolute atomic E-state index is 0.196. The first-order valence-electron chi connectivity index (χ1n) is 10.9. The number of morpholine rings is 1. The highest BCUT2D eigenvalue weighted by Crippen LogP contribution is 2.33. The Morgan fingerprint density at radius 2 is 1.91 bits per heavy atom. The van der Waals surface area contributed by atoms with E-state index >= 15 is 4.39 Å². The van der Waals surface area contributed by atoms with Crippen LogP contribution in [0.5, 0.6) is 0 Å². The molecule has 0 aliphatic carbocycles. The van der Waals surface area contributed by atoms with E-state index in [1.165, 1.54) is 29.4 Å². The van der Waals surface area contributed by atoms with E-state index < -0.39 is 36.5 Å². The van der Waals surface area contributed by atoms with E-state index in [1.54, 1.807) is 0 Å². The van der Waals surface area contributed by atoms with Gasteiger partial charge in [0.15, 0.2) is 12.2 Å². The van der Waals surface area contributed by atoms with E-state index in [2.05, 4.69) is 15.3 Å². The molecule has 0 radical (unpaired) electrons. The summed E-state index contributed by atoms with van der Waals surface area (Å²) >= 11 is 0. The average molecular weight is 480 g/mol. The van der Waals surface area contributed by atoms with Gasteiger partial charge in [0.25, 0.3) is 5.91 Å². The zero-order valence-electron chi connectivity index (χ0n) is 18.5. The third-order valence-electron chi connectivity index (χ3n) is 6.29. The summed E-state index contributed by atoms with van der Waals surface area (Å²) < 4.78 is 61.1. The summed E-state index contributed by atoms with van der Waals surface area (Å²) in [5.74, 6) is -0.807. The van der Waals surface area contributed by atoms with Gasteiger partial charge in [-0.05, 0) is 32.0 Å². The van der Waals surface area contributed by atoms with Crippen LogP contribution in [0.1, 0.15) is 18.4 Å². The summed E-state index contributed by atoms with van der Waals surface area (Å²) in [6.45, 7) is 0.00972. The van der Waals surface area contributed by atoms with Crippen LogP contribution in [0.2, 0.25) is 0 Å². The van der Waals surface area contributed by atoms with E-state index in [9.17, 15) is 23.2 Å². The van der Waals surface area contributed by atoms with Crippen molar-refractivity contribution in [3.05, 3.63) is 30.1 Å². The molecule has 1 N–H and O–H groups in total. The Kier molecular flexibility index (Phi) is 6.60. The van der Waals surface area contributed by atoms with Gasteiger partial charge in [-0.25, -0.2) is 4.39 Å². The molecule has 2 aliphatic heterocycles. The van der Waals surface area contributed by atoms with Gasteiger partial charge in [-0.2, -0.15) is 18.4 Å². The highest BCUT2D eigenvalue weighted by molar-refractivity contribution is 5.92. The first-order chi connectivity index (χ1) is 16.1. The quantitative estimate of drug-likeness (QED) is 0.671. The number of amides is 1. The number of likely N-dealkylation sites (tertiary alicyclic amines) is 1. The maximum atomic E-state index is 15.0. The van der Waals surface area contributed by atoms with Gasteiger partial charge in [-0.15, -0.1) is 0 Å². The molecule has 0 bridgehead atoms. The fourth-order valence-corrected chi connectivity index (χ4v) is 4.22. The summed E-state index contributed by atoms with van der Waals surface area (Å²) in [6, 6.07) is 4.92. The molecule has 2 aliphatic rings. The summed E-state index contributed by atoms with van der Waals surface area (Å²) in [7, 11) is 1.87. The van der Waals surface area contributed by atoms with Crippen LogP contribution >= 0.6 is 0 Å². The van der Waals surface area contributed by atoms with Crippen molar-refractivity contribution in [3.63, 3.8) is 0 Å². The van der Waals surface area contributed by atoms with Crippen LogP contribution in [0.4, 0.5) is 23.2 Å². The number of carbonyl (C=O) groups excluding carboxylic acids is 1. The molecule has 1 amide bonds. The van der Waals surface area contributed by atoms with Crippen molar-refractivity contribution >= 4 is 22.6 Å². The summed E-state index contributed by atoms with van der Waals surface area (Å²) in [5.41, 5.74) is -0.584. The summed E-state index contributed by atoms with van der Waals surface area (Å²) in [5, 5.41) is 11.8. The van der Waals surface area contributed by atoms with Gasteiger partial charge >= 0.3 is 6.18 Å². The monoisotopic (exact) mass is 480 g/mol. The lowest BCUT2D eigenvalue weighted by molar-refractivity contribution is -0.234. The standard InChI is InChI=1S/C22H24F4N6O2/c1-31-8-4-21(23,5-9-31)13-30-20(33)16-11-32(12-17(34-16)22(24,25)26)15-3-2-14(10-27)18-19(15)29-7-6-28-18/h2-3,6-7,16-17H,4-5,8-9,11-13H2,1H3,(H,30,33)/t16-,17+/m1/s1. The van der Waals surface area contributed by atoms with Crippen LogP contribution in [0, 0.1) is 11.3 Å². The van der Waals surface area contributed by atoms with Crippen molar-refractivity contribution in [2.75, 3.05) is 44.7 Å². The van der Waals surface area contributed by atoms with E-state index in [1.807, 2.05) is 18.0 Å². The maximum absolute atomic E-state index is 15.0. The molecule has 182 valence electrons. The number of hydrogen-bond acceptors (Lipinski definition) is 7. The minimum Gasteiger partial charge on any atom is -0.364 e. The molecular weight excluding hydrogens is 456 g/mol. The third-order valence-corrected chi connectivity index (χ3v) is 6.29. The van der Waals surface area contributed by atoms with Crippen LogP contribution in [0.25, 0.3) is 11.0 Å². The normalized spacial score (nSPS) is 23.5. The Morgan fingerprint density at radius 3 is 2.56 bits per heavy atom. The third kappa shape index (κ3) is 5.05. The highest BCUT2D eigenvalue weighted by Gasteiger charge is 2.48. The van der Waals surface area contributed by atoms with Crippen molar-refractivity contribution in [1.82, 2.24) is 20.2 Å². The predicted molar refractivity (Wildman–Crippen MR) is 115 cm³/mol. The number of nitrogens with one attached hydrogen (secondary N) is 1. The number of alkyl halides is 4. The smallest absolute Gasteiger partial charge is 0.364 e. The molecule has 2 aromatic rings. The molecule has 0 saturated carbocycles. The van der Waals surface area contributed by atoms with Crippen molar-refractivity contribution < 1.29 is 27.1 Å². The van der Waals surface area contributed by atoms with Gasteiger partial charge in [-0.1, -0.05) is 0 Å². The highest BCUT2D eigenvalue weighted by atomic mass is 19.4. The summed E-state index contributed by atoms with van der Waals surface area (Å²) in [4.78, 5) is 24.4. The topological polar surface area (TPSA) is 94.4 Å². The molecule has 3 heterocycles. The first kappa shape index (κ1) is 24.1. The number of anilines is 1. The Bertz CT molecular complexity index is 1100. The number of ether oxygens (including phenoxy) is 1. The van der Waals surface area contributed by atoms with Gasteiger partial charge in [0.05, 0.1) is 30.9 Å². The Balaban J connectivity index is 1.56. The van der Waals surface area contributed by atoms with E-state index in [-0.39, 0.29) is 42.5 Å². The lowest BCUT2D eigenvalue weighted by Gasteiger charge is -2.40. The molecule has 1 aromatic heterocycles. The molecule has 8 nitrogen and oxygen atoms in total. The SMILES string of the molecule is CN1CCC(F)(CNC(=O)[C@H]2CN(c3ccc(C#N)c4nccnc34)C[C@@H](C(F)(F)F)O2)CC1. The fraction of sp³-hybridized carbons (Fsp3) is 0.545. The number of hydrogen-bond donors (Lipinski definition) is 1. The number of fused-ring (bicyclic) bond motifs is 1. The lowest BCUT2D eigenvalue weighted by Crippen LogP contribution is -2.58. The summed E-state index contributed by atoms with van der Waals surface area (Å²) in [6.07, 6.45) is -5.22. The van der Waals surface area contributed by atoms with Gasteiger partial charge in [0, 0.05) is 25.5 Å². The molecule has 1 aromatic carbocycles. The van der Waals surface area contributed by atoms with Crippen molar-refractivity contribution in [3.8, 4) is 6.07 Å². The molecule has 4 rings (SSSR count). The second-order valence-corrected chi connectivity index (χ2v) is 8.73. The number of benzene rings is 1. The Morgan fingerprint density at radius 1 is 1.24 bits per heavy atom. The number of rotatable bonds is 4. The number of halogens is 4. The number of piperidine rings is 1. The second kappa shape index (κ2) is 9.31. The maximum Gasteiger partial charge on any atom is 0.416 e.